The third kappa shape index (κ3) is 3.98. The van der Waals surface area contributed by atoms with Crippen molar-refractivity contribution in [2.75, 3.05) is 13.7 Å². The van der Waals surface area contributed by atoms with Crippen molar-refractivity contribution >= 4 is 16.9 Å². The summed E-state index contributed by atoms with van der Waals surface area (Å²) in [4.78, 5) is 14.7. The van der Waals surface area contributed by atoms with Crippen LogP contribution in [0.5, 0.6) is 0 Å². The molecule has 1 aromatic carbocycles. The van der Waals surface area contributed by atoms with Crippen LogP contribution in [-0.2, 0) is 16.0 Å². The van der Waals surface area contributed by atoms with Gasteiger partial charge in [-0.05, 0) is 18.7 Å². The number of ether oxygens (including phenoxy) is 1. The van der Waals surface area contributed by atoms with E-state index in [0.29, 0.717) is 0 Å². The van der Waals surface area contributed by atoms with Gasteiger partial charge in [0.15, 0.2) is 6.61 Å². The van der Waals surface area contributed by atoms with Gasteiger partial charge >= 0.3 is 12.1 Å². The number of aromatic nitrogens is 1. The average molecular weight is 300 g/mol. The number of rotatable bonds is 5. The first-order valence-corrected chi connectivity index (χ1v) is 6.36. The number of esters is 1. The van der Waals surface area contributed by atoms with E-state index >= 15 is 0 Å². The number of carbonyl (C=O) groups is 1. The first kappa shape index (κ1) is 15.4. The number of nitrogens with one attached hydrogen (secondary N) is 2. The average Bonchev–Trinajstić information content (AvgIpc) is 2.84. The second-order valence-corrected chi connectivity index (χ2v) is 4.63. The molecule has 0 amide bonds. The standard InChI is InChI=1S/C14H15F3N2O2/c1-18-12(13(20)21-8-14(15,16)17)6-9-7-19-11-5-3-2-4-10(9)11/h2-5,7,12,18-19H,6,8H2,1H3/t12-/m0/s1. The van der Waals surface area contributed by atoms with E-state index < -0.39 is 24.8 Å². The van der Waals surface area contributed by atoms with Crippen LogP contribution in [0.2, 0.25) is 0 Å². The van der Waals surface area contributed by atoms with Crippen LogP contribution >= 0.6 is 0 Å². The zero-order valence-corrected chi connectivity index (χ0v) is 11.3. The van der Waals surface area contributed by atoms with Crippen molar-refractivity contribution in [3.05, 3.63) is 36.0 Å². The van der Waals surface area contributed by atoms with Crippen molar-refractivity contribution in [2.24, 2.45) is 0 Å². The number of aromatic amines is 1. The molecule has 0 saturated carbocycles. The maximum Gasteiger partial charge on any atom is 0.422 e. The Labute approximate surface area is 119 Å². The molecule has 0 fully saturated rings. The van der Waals surface area contributed by atoms with E-state index in [2.05, 4.69) is 15.0 Å². The quantitative estimate of drug-likeness (QED) is 0.834. The van der Waals surface area contributed by atoms with Gasteiger partial charge in [-0.25, -0.2) is 0 Å². The van der Waals surface area contributed by atoms with Gasteiger partial charge in [-0.3, -0.25) is 4.79 Å². The Bertz CT molecular complexity index is 622. The lowest BCUT2D eigenvalue weighted by atomic mass is 10.1. The van der Waals surface area contributed by atoms with Gasteiger partial charge in [0.25, 0.3) is 0 Å². The molecule has 114 valence electrons. The topological polar surface area (TPSA) is 54.1 Å². The first-order valence-electron chi connectivity index (χ1n) is 6.36. The Morgan fingerprint density at radius 1 is 1.38 bits per heavy atom. The van der Waals surface area contributed by atoms with Gasteiger partial charge in [-0.2, -0.15) is 13.2 Å². The number of benzene rings is 1. The van der Waals surface area contributed by atoms with Crippen molar-refractivity contribution in [2.45, 2.75) is 18.6 Å². The lowest BCUT2D eigenvalue weighted by Crippen LogP contribution is -2.39. The fourth-order valence-electron chi connectivity index (χ4n) is 2.08. The van der Waals surface area contributed by atoms with Gasteiger partial charge < -0.3 is 15.0 Å². The molecule has 0 unspecified atom stereocenters. The van der Waals surface area contributed by atoms with Crippen LogP contribution < -0.4 is 5.32 Å². The van der Waals surface area contributed by atoms with Crippen LogP contribution in [0.25, 0.3) is 10.9 Å². The number of para-hydroxylation sites is 1. The van der Waals surface area contributed by atoms with Crippen LogP contribution in [0, 0.1) is 0 Å². The van der Waals surface area contributed by atoms with E-state index in [1.165, 1.54) is 7.05 Å². The molecule has 1 heterocycles. The molecule has 1 aromatic heterocycles. The lowest BCUT2D eigenvalue weighted by Gasteiger charge is -2.15. The molecule has 0 aliphatic rings. The van der Waals surface area contributed by atoms with Crippen molar-refractivity contribution in [3.63, 3.8) is 0 Å². The summed E-state index contributed by atoms with van der Waals surface area (Å²) < 4.78 is 40.5. The molecule has 0 radical (unpaired) electrons. The van der Waals surface area contributed by atoms with Crippen LogP contribution in [0.15, 0.2) is 30.5 Å². The third-order valence-corrected chi connectivity index (χ3v) is 3.11. The Hall–Kier alpha value is -2.02. The van der Waals surface area contributed by atoms with E-state index in [1.54, 1.807) is 6.20 Å². The maximum atomic E-state index is 12.1. The summed E-state index contributed by atoms with van der Waals surface area (Å²) >= 11 is 0. The fourth-order valence-corrected chi connectivity index (χ4v) is 2.08. The van der Waals surface area contributed by atoms with E-state index in [4.69, 9.17) is 0 Å². The zero-order valence-electron chi connectivity index (χ0n) is 11.3. The highest BCUT2D eigenvalue weighted by molar-refractivity contribution is 5.84. The molecule has 0 aliphatic carbocycles. The number of hydrogen-bond donors (Lipinski definition) is 2. The van der Waals surface area contributed by atoms with Crippen molar-refractivity contribution in [3.8, 4) is 0 Å². The summed E-state index contributed by atoms with van der Waals surface area (Å²) in [7, 11) is 1.51. The molecule has 2 N–H and O–H groups in total. The number of carbonyl (C=O) groups excluding carboxylic acids is 1. The second-order valence-electron chi connectivity index (χ2n) is 4.63. The van der Waals surface area contributed by atoms with E-state index in [1.807, 2.05) is 24.3 Å². The number of likely N-dealkylation sites (N-methyl/N-ethyl adjacent to an activating group) is 1. The normalized spacial score (nSPS) is 13.3. The molecular formula is C14H15F3N2O2. The number of alkyl halides is 3. The minimum atomic E-state index is -4.52. The molecule has 21 heavy (non-hydrogen) atoms. The molecule has 0 saturated heterocycles. The van der Waals surface area contributed by atoms with Gasteiger partial charge in [0.05, 0.1) is 0 Å². The molecule has 7 heteroatoms. The van der Waals surface area contributed by atoms with Crippen molar-refractivity contribution in [1.29, 1.82) is 0 Å². The summed E-state index contributed by atoms with van der Waals surface area (Å²) in [6.07, 6.45) is -2.53. The van der Waals surface area contributed by atoms with Gasteiger partial charge in [0, 0.05) is 23.5 Å². The van der Waals surface area contributed by atoms with Crippen LogP contribution in [0.1, 0.15) is 5.56 Å². The van der Waals surface area contributed by atoms with E-state index in [-0.39, 0.29) is 6.42 Å². The van der Waals surface area contributed by atoms with E-state index in [9.17, 15) is 18.0 Å². The number of halogens is 3. The van der Waals surface area contributed by atoms with Crippen LogP contribution in [0.3, 0.4) is 0 Å². The number of H-pyrrole nitrogens is 1. The Morgan fingerprint density at radius 3 is 2.76 bits per heavy atom. The Balaban J connectivity index is 2.06. The molecule has 4 nitrogen and oxygen atoms in total. The summed E-state index contributed by atoms with van der Waals surface area (Å²) in [6.45, 7) is -1.57. The minimum absolute atomic E-state index is 0.247. The molecule has 0 aliphatic heterocycles. The molecule has 0 bridgehead atoms. The van der Waals surface area contributed by atoms with Crippen molar-refractivity contribution in [1.82, 2.24) is 10.3 Å². The lowest BCUT2D eigenvalue weighted by molar-refractivity contribution is -0.187. The van der Waals surface area contributed by atoms with Gasteiger partial charge in [0.2, 0.25) is 0 Å². The first-order chi connectivity index (χ1) is 9.90. The second kappa shape index (κ2) is 6.17. The Morgan fingerprint density at radius 2 is 2.10 bits per heavy atom. The summed E-state index contributed by atoms with van der Waals surface area (Å²) in [5.41, 5.74) is 1.75. The highest BCUT2D eigenvalue weighted by Gasteiger charge is 2.31. The fraction of sp³-hybridized carbons (Fsp3) is 0.357. The summed E-state index contributed by atoms with van der Waals surface area (Å²) in [5, 5.41) is 3.62. The summed E-state index contributed by atoms with van der Waals surface area (Å²) in [5.74, 6) is -0.917. The minimum Gasteiger partial charge on any atom is -0.455 e. The monoisotopic (exact) mass is 300 g/mol. The predicted octanol–water partition coefficient (Wildman–Crippen LogP) is 2.40. The predicted molar refractivity (Wildman–Crippen MR) is 71.9 cm³/mol. The molecule has 2 rings (SSSR count). The smallest absolute Gasteiger partial charge is 0.422 e. The van der Waals surface area contributed by atoms with Crippen molar-refractivity contribution < 1.29 is 22.7 Å². The molecule has 2 aromatic rings. The Kier molecular flexibility index (Phi) is 4.52. The van der Waals surface area contributed by atoms with Gasteiger partial charge in [-0.1, -0.05) is 18.2 Å². The van der Waals surface area contributed by atoms with E-state index in [0.717, 1.165) is 16.5 Å². The third-order valence-electron chi connectivity index (χ3n) is 3.11. The van der Waals surface area contributed by atoms with Gasteiger partial charge in [0.1, 0.15) is 6.04 Å². The molecular weight excluding hydrogens is 285 g/mol. The SMILES string of the molecule is CN[C@@H](Cc1c[nH]c2ccccc12)C(=O)OCC(F)(F)F. The highest BCUT2D eigenvalue weighted by atomic mass is 19.4. The largest absolute Gasteiger partial charge is 0.455 e. The van der Waals surface area contributed by atoms with Gasteiger partial charge in [-0.15, -0.1) is 0 Å². The van der Waals surface area contributed by atoms with Crippen LogP contribution in [-0.4, -0.2) is 36.8 Å². The maximum absolute atomic E-state index is 12.1. The number of hydrogen-bond acceptors (Lipinski definition) is 3. The van der Waals surface area contributed by atoms with Crippen LogP contribution in [0.4, 0.5) is 13.2 Å². The highest BCUT2D eigenvalue weighted by Crippen LogP contribution is 2.20. The number of fused-ring (bicyclic) bond motifs is 1. The molecule has 0 spiro atoms. The molecule has 1 atom stereocenters. The zero-order chi connectivity index (χ0) is 15.5. The summed E-state index contributed by atoms with van der Waals surface area (Å²) in [6, 6.07) is 6.67.